The van der Waals surface area contributed by atoms with E-state index in [0.29, 0.717) is 31.8 Å². The Bertz CT molecular complexity index is 1150. The fraction of sp³-hybridized carbons (Fsp3) is 0.364. The fourth-order valence-electron chi connectivity index (χ4n) is 3.92. The van der Waals surface area contributed by atoms with Crippen LogP contribution in [0.25, 0.3) is 11.0 Å². The molecule has 4 rings (SSSR count). The van der Waals surface area contributed by atoms with Gasteiger partial charge in [-0.05, 0) is 44.0 Å². The van der Waals surface area contributed by atoms with Gasteiger partial charge in [0.2, 0.25) is 10.0 Å². The minimum atomic E-state index is -3.53. The normalized spacial score (nSPS) is 17.1. The van der Waals surface area contributed by atoms with Gasteiger partial charge >= 0.3 is 5.97 Å². The van der Waals surface area contributed by atoms with Crippen LogP contribution in [0.1, 0.15) is 31.7 Å². The van der Waals surface area contributed by atoms with Crippen molar-refractivity contribution in [3.63, 3.8) is 0 Å². The molecule has 0 spiro atoms. The van der Waals surface area contributed by atoms with E-state index in [1.165, 1.54) is 4.31 Å². The highest BCUT2D eigenvalue weighted by Crippen LogP contribution is 2.27. The number of hydrogen-bond donors (Lipinski definition) is 0. The van der Waals surface area contributed by atoms with E-state index in [1.807, 2.05) is 42.8 Å². The Hall–Kier alpha value is -2.71. The lowest BCUT2D eigenvalue weighted by atomic mass is 9.98. The van der Waals surface area contributed by atoms with Crippen LogP contribution in [0.5, 0.6) is 0 Å². The van der Waals surface area contributed by atoms with Crippen molar-refractivity contribution in [2.75, 3.05) is 13.1 Å². The number of hydrogen-bond acceptors (Lipinski definition) is 5. The van der Waals surface area contributed by atoms with Gasteiger partial charge < -0.3 is 9.30 Å². The maximum Gasteiger partial charge on any atom is 0.309 e. The molecule has 8 heteroatoms. The largest absolute Gasteiger partial charge is 0.454 e. The summed E-state index contributed by atoms with van der Waals surface area (Å²) in [5.41, 5.74) is 1.84. The van der Waals surface area contributed by atoms with Crippen LogP contribution in [0, 0.1) is 5.92 Å². The first-order valence-electron chi connectivity index (χ1n) is 10.0. The summed E-state index contributed by atoms with van der Waals surface area (Å²) in [6, 6.07) is 16.2. The molecule has 2 heterocycles. The summed E-state index contributed by atoms with van der Waals surface area (Å²) >= 11 is 0. The summed E-state index contributed by atoms with van der Waals surface area (Å²) in [5, 5.41) is 0. The van der Waals surface area contributed by atoms with Crippen molar-refractivity contribution in [2.45, 2.75) is 30.8 Å². The van der Waals surface area contributed by atoms with Crippen molar-refractivity contribution in [3.8, 4) is 0 Å². The average Bonchev–Trinajstić information content (AvgIpc) is 3.11. The number of aromatic nitrogens is 2. The Morgan fingerprint density at radius 1 is 1.07 bits per heavy atom. The first kappa shape index (κ1) is 20.6. The van der Waals surface area contributed by atoms with E-state index in [-0.39, 0.29) is 16.8 Å². The second kappa shape index (κ2) is 8.20. The van der Waals surface area contributed by atoms with Crippen molar-refractivity contribution in [2.24, 2.45) is 13.0 Å². The van der Waals surface area contributed by atoms with Gasteiger partial charge in [0.05, 0.1) is 21.8 Å². The van der Waals surface area contributed by atoms with E-state index in [9.17, 15) is 13.2 Å². The van der Waals surface area contributed by atoms with Crippen molar-refractivity contribution >= 4 is 27.0 Å². The number of para-hydroxylation sites is 2. The third-order valence-electron chi connectivity index (χ3n) is 5.65. The lowest BCUT2D eigenvalue weighted by Crippen LogP contribution is -2.40. The number of fused-ring (bicyclic) bond motifs is 1. The second-order valence-electron chi connectivity index (χ2n) is 7.59. The van der Waals surface area contributed by atoms with Crippen LogP contribution in [0.4, 0.5) is 0 Å². The minimum absolute atomic E-state index is 0.279. The number of imidazole rings is 1. The van der Waals surface area contributed by atoms with E-state index in [0.717, 1.165) is 11.0 Å². The number of carbonyl (C=O) groups is 1. The molecule has 7 nitrogen and oxygen atoms in total. The topological polar surface area (TPSA) is 81.5 Å². The molecule has 30 heavy (non-hydrogen) atoms. The third-order valence-corrected chi connectivity index (χ3v) is 7.56. The van der Waals surface area contributed by atoms with Crippen LogP contribution in [-0.2, 0) is 26.6 Å². The molecule has 0 saturated carbocycles. The maximum absolute atomic E-state index is 12.7. The number of benzene rings is 2. The molecule has 1 fully saturated rings. The van der Waals surface area contributed by atoms with Crippen LogP contribution >= 0.6 is 0 Å². The Morgan fingerprint density at radius 3 is 2.37 bits per heavy atom. The van der Waals surface area contributed by atoms with Crippen LogP contribution in [0.2, 0.25) is 0 Å². The molecule has 1 saturated heterocycles. The lowest BCUT2D eigenvalue weighted by Gasteiger charge is -2.30. The molecule has 1 atom stereocenters. The predicted molar refractivity (Wildman–Crippen MR) is 113 cm³/mol. The number of aryl methyl sites for hydroxylation is 1. The van der Waals surface area contributed by atoms with E-state index >= 15 is 0 Å². The summed E-state index contributed by atoms with van der Waals surface area (Å²) in [7, 11) is -1.63. The Labute approximate surface area is 176 Å². The van der Waals surface area contributed by atoms with Gasteiger partial charge in [-0.1, -0.05) is 30.3 Å². The summed E-state index contributed by atoms with van der Waals surface area (Å²) in [5.74, 6) is 0.0734. The summed E-state index contributed by atoms with van der Waals surface area (Å²) < 4.78 is 34.6. The van der Waals surface area contributed by atoms with Crippen molar-refractivity contribution < 1.29 is 17.9 Å². The molecule has 3 aromatic rings. The number of sulfonamides is 1. The standard InChI is InChI=1S/C22H25N3O4S/c1-16(21-23-19-10-6-7-11-20(19)24(21)2)29-22(26)17-12-14-25(15-13-17)30(27,28)18-8-4-3-5-9-18/h3-11,16-17H,12-15H2,1-2H3. The van der Waals surface area contributed by atoms with Gasteiger partial charge in [-0.15, -0.1) is 0 Å². The SMILES string of the molecule is CC(OC(=O)C1CCN(S(=O)(=O)c2ccccc2)CC1)c1nc2ccccc2n1C. The monoisotopic (exact) mass is 427 g/mol. The summed E-state index contributed by atoms with van der Waals surface area (Å²) in [6.45, 7) is 2.42. The quantitative estimate of drug-likeness (QED) is 0.584. The Kier molecular flexibility index (Phi) is 5.62. The number of piperidine rings is 1. The highest BCUT2D eigenvalue weighted by Gasteiger charge is 2.33. The fourth-order valence-corrected chi connectivity index (χ4v) is 5.42. The molecule has 1 aliphatic heterocycles. The van der Waals surface area contributed by atoms with E-state index < -0.39 is 16.1 Å². The maximum atomic E-state index is 12.7. The molecular formula is C22H25N3O4S. The molecule has 1 aliphatic rings. The number of carbonyl (C=O) groups excluding carboxylic acids is 1. The summed E-state index contributed by atoms with van der Waals surface area (Å²) in [4.78, 5) is 17.6. The van der Waals surface area contributed by atoms with Gasteiger partial charge in [0.15, 0.2) is 11.9 Å². The molecule has 158 valence electrons. The van der Waals surface area contributed by atoms with Gasteiger partial charge in [-0.3, -0.25) is 4.79 Å². The van der Waals surface area contributed by atoms with Gasteiger partial charge in [-0.2, -0.15) is 4.31 Å². The van der Waals surface area contributed by atoms with E-state index in [1.54, 1.807) is 30.3 Å². The van der Waals surface area contributed by atoms with Crippen LogP contribution in [0.3, 0.4) is 0 Å². The molecule has 0 amide bonds. The number of rotatable bonds is 5. The number of nitrogens with zero attached hydrogens (tertiary/aromatic N) is 3. The smallest absolute Gasteiger partial charge is 0.309 e. The summed E-state index contributed by atoms with van der Waals surface area (Å²) in [6.07, 6.45) is 0.404. The van der Waals surface area contributed by atoms with Crippen molar-refractivity contribution in [3.05, 3.63) is 60.4 Å². The van der Waals surface area contributed by atoms with Gasteiger partial charge in [-0.25, -0.2) is 13.4 Å². The Balaban J connectivity index is 1.39. The molecule has 1 unspecified atom stereocenters. The third kappa shape index (κ3) is 3.85. The van der Waals surface area contributed by atoms with Crippen molar-refractivity contribution in [1.82, 2.24) is 13.9 Å². The highest BCUT2D eigenvalue weighted by molar-refractivity contribution is 7.89. The lowest BCUT2D eigenvalue weighted by molar-refractivity contribution is -0.155. The zero-order valence-electron chi connectivity index (χ0n) is 17.1. The first-order valence-corrected chi connectivity index (χ1v) is 11.5. The average molecular weight is 428 g/mol. The number of esters is 1. The molecule has 0 radical (unpaired) electrons. The molecule has 0 N–H and O–H groups in total. The molecule has 0 aliphatic carbocycles. The van der Waals surface area contributed by atoms with Crippen LogP contribution < -0.4 is 0 Å². The van der Waals surface area contributed by atoms with E-state index in [2.05, 4.69) is 4.98 Å². The van der Waals surface area contributed by atoms with Gasteiger partial charge in [0, 0.05) is 20.1 Å². The van der Waals surface area contributed by atoms with Gasteiger partial charge in [0.1, 0.15) is 0 Å². The zero-order valence-corrected chi connectivity index (χ0v) is 17.9. The highest BCUT2D eigenvalue weighted by atomic mass is 32.2. The Morgan fingerprint density at radius 2 is 1.70 bits per heavy atom. The minimum Gasteiger partial charge on any atom is -0.454 e. The predicted octanol–water partition coefficient (Wildman–Crippen LogP) is 3.28. The van der Waals surface area contributed by atoms with Crippen LogP contribution in [-0.4, -0.2) is 41.3 Å². The van der Waals surface area contributed by atoms with E-state index in [4.69, 9.17) is 4.74 Å². The van der Waals surface area contributed by atoms with Crippen molar-refractivity contribution in [1.29, 1.82) is 0 Å². The molecule has 1 aromatic heterocycles. The number of ether oxygens (including phenoxy) is 1. The molecular weight excluding hydrogens is 402 g/mol. The molecule has 2 aromatic carbocycles. The van der Waals surface area contributed by atoms with Crippen LogP contribution in [0.15, 0.2) is 59.5 Å². The molecule has 0 bridgehead atoms. The zero-order chi connectivity index (χ0) is 21.3. The first-order chi connectivity index (χ1) is 14.4. The van der Waals surface area contributed by atoms with Gasteiger partial charge in [0.25, 0.3) is 0 Å². The second-order valence-corrected chi connectivity index (χ2v) is 9.53.